The lowest BCUT2D eigenvalue weighted by Crippen LogP contribution is -2.41. The molecule has 2 rings (SSSR count). The van der Waals surface area contributed by atoms with Crippen molar-refractivity contribution in [2.45, 2.75) is 13.0 Å². The van der Waals surface area contributed by atoms with Gasteiger partial charge in [0, 0.05) is 10.0 Å². The zero-order chi connectivity index (χ0) is 19.3. The van der Waals surface area contributed by atoms with E-state index in [0.717, 1.165) is 16.1 Å². The van der Waals surface area contributed by atoms with E-state index in [0.29, 0.717) is 15.9 Å². The molecule has 140 valence electrons. The summed E-state index contributed by atoms with van der Waals surface area (Å²) in [5.74, 6) is 0.246. The summed E-state index contributed by atoms with van der Waals surface area (Å²) in [5, 5.41) is 2.82. The number of hydrogen-bond donors (Lipinski definition) is 1. The number of sulfonamides is 1. The number of rotatable bonds is 7. The number of halogens is 1. The van der Waals surface area contributed by atoms with E-state index in [1.807, 2.05) is 31.2 Å². The summed E-state index contributed by atoms with van der Waals surface area (Å²) >= 11 is 3.33. The maximum absolute atomic E-state index is 12.5. The number of nitrogens with one attached hydrogen (secondary N) is 1. The molecule has 2 aromatic rings. The molecule has 1 atom stereocenters. The molecule has 2 aromatic carbocycles. The van der Waals surface area contributed by atoms with Crippen LogP contribution in [-0.2, 0) is 14.8 Å². The number of ether oxygens (including phenoxy) is 1. The van der Waals surface area contributed by atoms with Crippen LogP contribution in [0.4, 0.5) is 5.69 Å². The van der Waals surface area contributed by atoms with Crippen LogP contribution < -0.4 is 14.4 Å². The Kier molecular flexibility index (Phi) is 6.66. The van der Waals surface area contributed by atoms with Crippen LogP contribution >= 0.6 is 15.9 Å². The second-order valence-corrected chi connectivity index (χ2v) is 8.51. The van der Waals surface area contributed by atoms with Crippen molar-refractivity contribution in [2.75, 3.05) is 24.2 Å². The lowest BCUT2D eigenvalue weighted by atomic mass is 10.1. The van der Waals surface area contributed by atoms with Gasteiger partial charge >= 0.3 is 0 Å². The quantitative estimate of drug-likeness (QED) is 0.717. The van der Waals surface area contributed by atoms with Gasteiger partial charge in [0.1, 0.15) is 12.3 Å². The zero-order valence-corrected chi connectivity index (χ0v) is 17.2. The maximum Gasteiger partial charge on any atom is 0.241 e. The minimum Gasteiger partial charge on any atom is -0.496 e. The van der Waals surface area contributed by atoms with Gasteiger partial charge in [-0.1, -0.05) is 30.3 Å². The molecule has 0 aliphatic heterocycles. The average molecular weight is 441 g/mol. The number of methoxy groups -OCH3 is 1. The molecule has 1 unspecified atom stereocenters. The molecule has 6 nitrogen and oxygen atoms in total. The third-order valence-electron chi connectivity index (χ3n) is 3.79. The predicted molar refractivity (Wildman–Crippen MR) is 106 cm³/mol. The van der Waals surface area contributed by atoms with Crippen LogP contribution in [-0.4, -0.2) is 34.2 Å². The molecule has 0 bridgehead atoms. The fraction of sp³-hybridized carbons (Fsp3) is 0.278. The molecule has 0 aliphatic rings. The Hall–Kier alpha value is -2.06. The molecule has 0 fully saturated rings. The summed E-state index contributed by atoms with van der Waals surface area (Å²) in [7, 11) is -2.07. The minimum atomic E-state index is -3.63. The van der Waals surface area contributed by atoms with Crippen molar-refractivity contribution in [1.82, 2.24) is 5.32 Å². The number of amides is 1. The Bertz CT molecular complexity index is 886. The fourth-order valence-corrected chi connectivity index (χ4v) is 4.04. The number of carbonyl (C=O) groups excluding carboxylic acids is 1. The second-order valence-electron chi connectivity index (χ2n) is 5.75. The van der Waals surface area contributed by atoms with Crippen LogP contribution in [0.25, 0.3) is 0 Å². The van der Waals surface area contributed by atoms with E-state index < -0.39 is 15.9 Å². The van der Waals surface area contributed by atoms with Crippen molar-refractivity contribution in [3.05, 3.63) is 58.6 Å². The van der Waals surface area contributed by atoms with Gasteiger partial charge in [0.2, 0.25) is 15.9 Å². The smallest absolute Gasteiger partial charge is 0.241 e. The molecule has 0 radical (unpaired) electrons. The SMILES string of the molecule is COc1ccccc1C(C)NC(=O)CN(c1ccccc1Br)S(C)(=O)=O. The molecule has 0 aliphatic carbocycles. The number of anilines is 1. The number of para-hydroxylation sites is 2. The molecule has 0 spiro atoms. The monoisotopic (exact) mass is 440 g/mol. The largest absolute Gasteiger partial charge is 0.496 e. The molecular weight excluding hydrogens is 420 g/mol. The molecule has 0 saturated carbocycles. The first-order valence-electron chi connectivity index (χ1n) is 7.88. The Morgan fingerprint density at radius 2 is 1.81 bits per heavy atom. The summed E-state index contributed by atoms with van der Waals surface area (Å²) in [4.78, 5) is 12.5. The summed E-state index contributed by atoms with van der Waals surface area (Å²) in [6.07, 6.45) is 1.07. The zero-order valence-electron chi connectivity index (χ0n) is 14.8. The van der Waals surface area contributed by atoms with E-state index in [1.54, 1.807) is 31.4 Å². The third-order valence-corrected chi connectivity index (χ3v) is 5.59. The van der Waals surface area contributed by atoms with Gasteiger partial charge in [-0.05, 0) is 41.1 Å². The van der Waals surface area contributed by atoms with Gasteiger partial charge in [0.05, 0.1) is 25.1 Å². The lowest BCUT2D eigenvalue weighted by Gasteiger charge is -2.24. The maximum atomic E-state index is 12.5. The van der Waals surface area contributed by atoms with Crippen LogP contribution in [0.1, 0.15) is 18.5 Å². The van der Waals surface area contributed by atoms with Crippen molar-refractivity contribution >= 4 is 37.5 Å². The molecule has 0 heterocycles. The molecule has 8 heteroatoms. The fourth-order valence-electron chi connectivity index (χ4n) is 2.55. The first-order valence-corrected chi connectivity index (χ1v) is 10.5. The van der Waals surface area contributed by atoms with Crippen LogP contribution in [0.15, 0.2) is 53.0 Å². The van der Waals surface area contributed by atoms with E-state index in [-0.39, 0.29) is 12.6 Å². The van der Waals surface area contributed by atoms with E-state index >= 15 is 0 Å². The van der Waals surface area contributed by atoms with Crippen LogP contribution in [0, 0.1) is 0 Å². The number of benzene rings is 2. The van der Waals surface area contributed by atoms with Gasteiger partial charge in [0.25, 0.3) is 0 Å². The van der Waals surface area contributed by atoms with Crippen molar-refractivity contribution in [3.63, 3.8) is 0 Å². The Labute approximate surface area is 162 Å². The van der Waals surface area contributed by atoms with Crippen molar-refractivity contribution in [3.8, 4) is 5.75 Å². The molecule has 0 aromatic heterocycles. The van der Waals surface area contributed by atoms with Crippen molar-refractivity contribution in [2.24, 2.45) is 0 Å². The van der Waals surface area contributed by atoms with Gasteiger partial charge in [-0.25, -0.2) is 8.42 Å². The topological polar surface area (TPSA) is 75.7 Å². The normalized spacial score (nSPS) is 12.3. The van der Waals surface area contributed by atoms with E-state index in [9.17, 15) is 13.2 Å². The highest BCUT2D eigenvalue weighted by Gasteiger charge is 2.24. The molecule has 0 saturated heterocycles. The number of nitrogens with zero attached hydrogens (tertiary/aromatic N) is 1. The first-order chi connectivity index (χ1) is 12.2. The highest BCUT2D eigenvalue weighted by atomic mass is 79.9. The molecule has 1 amide bonds. The molecule has 1 N–H and O–H groups in total. The van der Waals surface area contributed by atoms with Crippen LogP contribution in [0.2, 0.25) is 0 Å². The van der Waals surface area contributed by atoms with Gasteiger partial charge in [-0.2, -0.15) is 0 Å². The molecule has 26 heavy (non-hydrogen) atoms. The lowest BCUT2D eigenvalue weighted by molar-refractivity contribution is -0.120. The Balaban J connectivity index is 2.19. The predicted octanol–water partition coefficient (Wildman–Crippen LogP) is 3.10. The Morgan fingerprint density at radius 1 is 1.19 bits per heavy atom. The van der Waals surface area contributed by atoms with Gasteiger partial charge in [-0.3, -0.25) is 9.10 Å². The highest BCUT2D eigenvalue weighted by Crippen LogP contribution is 2.28. The van der Waals surface area contributed by atoms with Gasteiger partial charge in [-0.15, -0.1) is 0 Å². The van der Waals surface area contributed by atoms with Crippen molar-refractivity contribution < 1.29 is 17.9 Å². The molecular formula is C18H21BrN2O4S. The van der Waals surface area contributed by atoms with Gasteiger partial charge in [0.15, 0.2) is 0 Å². The minimum absolute atomic E-state index is 0.319. The highest BCUT2D eigenvalue weighted by molar-refractivity contribution is 9.10. The van der Waals surface area contributed by atoms with Crippen molar-refractivity contribution in [1.29, 1.82) is 0 Å². The van der Waals surface area contributed by atoms with E-state index in [1.165, 1.54) is 0 Å². The second kappa shape index (κ2) is 8.55. The van der Waals surface area contributed by atoms with E-state index in [2.05, 4.69) is 21.2 Å². The summed E-state index contributed by atoms with van der Waals surface area (Å²) in [5.41, 5.74) is 1.23. The summed E-state index contributed by atoms with van der Waals surface area (Å²) in [6.45, 7) is 1.50. The van der Waals surface area contributed by atoms with Crippen LogP contribution in [0.3, 0.4) is 0 Å². The standard InChI is InChI=1S/C18H21BrN2O4S/c1-13(14-8-4-7-11-17(14)25-2)20-18(22)12-21(26(3,23)24)16-10-6-5-9-15(16)19/h4-11,13H,12H2,1-3H3,(H,20,22). The summed E-state index contributed by atoms with van der Waals surface area (Å²) in [6, 6.07) is 13.9. The van der Waals surface area contributed by atoms with Crippen LogP contribution in [0.5, 0.6) is 5.75 Å². The first kappa shape index (κ1) is 20.3. The Morgan fingerprint density at radius 3 is 2.42 bits per heavy atom. The number of carbonyl (C=O) groups is 1. The number of hydrogen-bond acceptors (Lipinski definition) is 4. The van der Waals surface area contributed by atoms with E-state index in [4.69, 9.17) is 4.74 Å². The average Bonchev–Trinajstić information content (AvgIpc) is 2.59. The van der Waals surface area contributed by atoms with Gasteiger partial charge < -0.3 is 10.1 Å². The third kappa shape index (κ3) is 4.98. The summed E-state index contributed by atoms with van der Waals surface area (Å²) < 4.78 is 31.3.